The maximum Gasteiger partial charge on any atom is 0.266 e. The Morgan fingerprint density at radius 2 is 1.88 bits per heavy atom. The number of nitrogens with zero attached hydrogens (tertiary/aromatic N) is 2. The van der Waals surface area contributed by atoms with Gasteiger partial charge in [0.15, 0.2) is 0 Å². The van der Waals surface area contributed by atoms with Crippen molar-refractivity contribution in [3.05, 3.63) is 46.4 Å². The lowest BCUT2D eigenvalue weighted by Gasteiger charge is -2.35. The number of ether oxygens (including phenoxy) is 1. The highest BCUT2D eigenvalue weighted by molar-refractivity contribution is 7.12. The van der Waals surface area contributed by atoms with Gasteiger partial charge in [-0.15, -0.1) is 11.3 Å². The van der Waals surface area contributed by atoms with Crippen LogP contribution in [-0.2, 0) is 4.74 Å². The molecule has 1 fully saturated rings. The van der Waals surface area contributed by atoms with Gasteiger partial charge >= 0.3 is 0 Å². The van der Waals surface area contributed by atoms with Crippen molar-refractivity contribution < 1.29 is 14.3 Å². The quantitative estimate of drug-likeness (QED) is 0.928. The first-order chi connectivity index (χ1) is 11.5. The van der Waals surface area contributed by atoms with Gasteiger partial charge in [0.1, 0.15) is 4.88 Å². The number of thiophene rings is 1. The Labute approximate surface area is 144 Å². The summed E-state index contributed by atoms with van der Waals surface area (Å²) in [7, 11) is 0. The third kappa shape index (κ3) is 3.63. The molecule has 2 atom stereocenters. The number of aromatic nitrogens is 1. The molecule has 1 N–H and O–H groups in total. The van der Waals surface area contributed by atoms with E-state index in [2.05, 4.69) is 10.3 Å². The van der Waals surface area contributed by atoms with E-state index in [4.69, 9.17) is 4.74 Å². The van der Waals surface area contributed by atoms with Crippen LogP contribution >= 0.6 is 11.3 Å². The lowest BCUT2D eigenvalue weighted by Crippen LogP contribution is -2.48. The highest BCUT2D eigenvalue weighted by Crippen LogP contribution is 2.26. The van der Waals surface area contributed by atoms with Crippen LogP contribution in [0, 0.1) is 0 Å². The first-order valence-electron chi connectivity index (χ1n) is 7.78. The van der Waals surface area contributed by atoms with Crippen molar-refractivity contribution in [3.63, 3.8) is 0 Å². The molecule has 0 aromatic carbocycles. The molecule has 6 nitrogen and oxygen atoms in total. The fraction of sp³-hybridized carbons (Fsp3) is 0.353. The number of carbonyl (C=O) groups is 2. The van der Waals surface area contributed by atoms with Crippen LogP contribution in [0.25, 0.3) is 0 Å². The minimum Gasteiger partial charge on any atom is -0.372 e. The van der Waals surface area contributed by atoms with Crippen LogP contribution in [0.2, 0.25) is 0 Å². The molecular weight excluding hydrogens is 326 g/mol. The fourth-order valence-corrected chi connectivity index (χ4v) is 3.57. The normalized spacial score (nSPS) is 20.7. The highest BCUT2D eigenvalue weighted by Gasteiger charge is 2.28. The van der Waals surface area contributed by atoms with E-state index in [9.17, 15) is 9.59 Å². The van der Waals surface area contributed by atoms with Crippen LogP contribution in [0.1, 0.15) is 33.9 Å². The summed E-state index contributed by atoms with van der Waals surface area (Å²) in [6.07, 6.45) is 3.14. The molecule has 0 spiro atoms. The van der Waals surface area contributed by atoms with Crippen LogP contribution in [-0.4, -0.2) is 47.0 Å². The van der Waals surface area contributed by atoms with Crippen molar-refractivity contribution in [3.8, 4) is 0 Å². The van der Waals surface area contributed by atoms with E-state index in [1.54, 1.807) is 35.5 Å². The molecule has 3 heterocycles. The van der Waals surface area contributed by atoms with Gasteiger partial charge < -0.3 is 15.0 Å². The average molecular weight is 345 g/mol. The predicted molar refractivity (Wildman–Crippen MR) is 92.4 cm³/mol. The third-order valence-corrected chi connectivity index (χ3v) is 4.66. The van der Waals surface area contributed by atoms with E-state index in [1.807, 2.05) is 19.2 Å². The first-order valence-corrected chi connectivity index (χ1v) is 8.66. The number of carbonyl (C=O) groups excluding carboxylic acids is 2. The average Bonchev–Trinajstić information content (AvgIpc) is 3.02. The van der Waals surface area contributed by atoms with Crippen LogP contribution < -0.4 is 5.32 Å². The van der Waals surface area contributed by atoms with Gasteiger partial charge in [0.25, 0.3) is 11.8 Å². The van der Waals surface area contributed by atoms with Crippen molar-refractivity contribution in [2.75, 3.05) is 18.4 Å². The van der Waals surface area contributed by atoms with Crippen molar-refractivity contribution in [1.29, 1.82) is 0 Å². The Kier molecular flexibility index (Phi) is 4.92. The van der Waals surface area contributed by atoms with Gasteiger partial charge in [-0.3, -0.25) is 14.6 Å². The molecule has 24 heavy (non-hydrogen) atoms. The number of amides is 2. The van der Waals surface area contributed by atoms with E-state index in [-0.39, 0.29) is 24.0 Å². The summed E-state index contributed by atoms with van der Waals surface area (Å²) in [4.78, 5) is 31.3. The van der Waals surface area contributed by atoms with Gasteiger partial charge in [0.2, 0.25) is 0 Å². The van der Waals surface area contributed by atoms with E-state index >= 15 is 0 Å². The predicted octanol–water partition coefficient (Wildman–Crippen LogP) is 2.64. The number of anilines is 1. The Morgan fingerprint density at radius 3 is 2.54 bits per heavy atom. The summed E-state index contributed by atoms with van der Waals surface area (Å²) < 4.78 is 5.67. The highest BCUT2D eigenvalue weighted by atomic mass is 32.1. The zero-order valence-corrected chi connectivity index (χ0v) is 14.4. The third-order valence-electron chi connectivity index (χ3n) is 3.76. The Hall–Kier alpha value is -2.25. The summed E-state index contributed by atoms with van der Waals surface area (Å²) in [5.41, 5.74) is 1.04. The molecule has 2 aromatic rings. The second kappa shape index (κ2) is 7.11. The number of hydrogen-bond donors (Lipinski definition) is 1. The molecule has 0 radical (unpaired) electrons. The van der Waals surface area contributed by atoms with E-state index in [0.29, 0.717) is 29.2 Å². The van der Waals surface area contributed by atoms with E-state index in [0.717, 1.165) is 0 Å². The van der Waals surface area contributed by atoms with Crippen LogP contribution in [0.5, 0.6) is 0 Å². The fourth-order valence-electron chi connectivity index (χ4n) is 2.76. The van der Waals surface area contributed by atoms with Gasteiger partial charge in [-0.2, -0.15) is 0 Å². The SMILES string of the molecule is C[C@@H]1CN(C(=O)c2sccc2NC(=O)c2ccncc2)C[C@H](C)O1. The molecule has 0 unspecified atom stereocenters. The van der Waals surface area contributed by atoms with Gasteiger partial charge in [0.05, 0.1) is 17.9 Å². The summed E-state index contributed by atoms with van der Waals surface area (Å²) >= 11 is 1.33. The molecule has 2 amide bonds. The number of rotatable bonds is 3. The van der Waals surface area contributed by atoms with Gasteiger partial charge in [0, 0.05) is 31.0 Å². The minimum absolute atomic E-state index is 0.00696. The summed E-state index contributed by atoms with van der Waals surface area (Å²) in [5, 5.41) is 4.62. The van der Waals surface area contributed by atoms with E-state index in [1.165, 1.54) is 11.3 Å². The van der Waals surface area contributed by atoms with Crippen LogP contribution in [0.15, 0.2) is 36.0 Å². The van der Waals surface area contributed by atoms with Crippen molar-refractivity contribution in [2.24, 2.45) is 0 Å². The van der Waals surface area contributed by atoms with Gasteiger partial charge in [-0.1, -0.05) is 0 Å². The van der Waals surface area contributed by atoms with Crippen molar-refractivity contribution in [2.45, 2.75) is 26.1 Å². The molecule has 1 aliphatic rings. The van der Waals surface area contributed by atoms with Crippen molar-refractivity contribution in [1.82, 2.24) is 9.88 Å². The molecule has 1 aliphatic heterocycles. The summed E-state index contributed by atoms with van der Waals surface area (Å²) in [6, 6.07) is 5.02. The second-order valence-corrected chi connectivity index (χ2v) is 6.74. The number of nitrogens with one attached hydrogen (secondary N) is 1. The molecule has 0 aliphatic carbocycles. The largest absolute Gasteiger partial charge is 0.372 e. The summed E-state index contributed by atoms with van der Waals surface area (Å²) in [6.45, 7) is 5.02. The smallest absolute Gasteiger partial charge is 0.266 e. The maximum atomic E-state index is 12.8. The van der Waals surface area contributed by atoms with Crippen molar-refractivity contribution >= 4 is 28.8 Å². The number of pyridine rings is 1. The first kappa shape index (κ1) is 16.6. The standard InChI is InChI=1S/C17H19N3O3S/c1-11-9-20(10-12(2)23-11)17(22)15-14(5-8-24-15)19-16(21)13-3-6-18-7-4-13/h3-8,11-12H,9-10H2,1-2H3,(H,19,21)/t11-,12+. The van der Waals surface area contributed by atoms with Crippen LogP contribution in [0.3, 0.4) is 0 Å². The maximum absolute atomic E-state index is 12.8. The topological polar surface area (TPSA) is 71.5 Å². The zero-order chi connectivity index (χ0) is 17.1. The molecule has 126 valence electrons. The Balaban J connectivity index is 1.75. The Bertz CT molecular complexity index is 722. The number of hydrogen-bond acceptors (Lipinski definition) is 5. The molecule has 3 rings (SSSR count). The zero-order valence-electron chi connectivity index (χ0n) is 13.6. The molecule has 0 bridgehead atoms. The monoisotopic (exact) mass is 345 g/mol. The van der Waals surface area contributed by atoms with Gasteiger partial charge in [-0.25, -0.2) is 0 Å². The summed E-state index contributed by atoms with van der Waals surface area (Å²) in [5.74, 6) is -0.328. The molecule has 0 saturated carbocycles. The lowest BCUT2D eigenvalue weighted by molar-refractivity contribution is -0.0584. The minimum atomic E-state index is -0.256. The molecule has 7 heteroatoms. The number of morpholine rings is 1. The van der Waals surface area contributed by atoms with Crippen LogP contribution in [0.4, 0.5) is 5.69 Å². The second-order valence-electron chi connectivity index (χ2n) is 5.82. The Morgan fingerprint density at radius 1 is 1.21 bits per heavy atom. The molecule has 1 saturated heterocycles. The van der Waals surface area contributed by atoms with E-state index < -0.39 is 0 Å². The lowest BCUT2D eigenvalue weighted by atomic mass is 10.2. The molecular formula is C17H19N3O3S. The van der Waals surface area contributed by atoms with Gasteiger partial charge in [-0.05, 0) is 37.4 Å². The molecule has 2 aromatic heterocycles.